The van der Waals surface area contributed by atoms with Gasteiger partial charge in [0.2, 0.25) is 10.7 Å². The Morgan fingerprint density at radius 3 is 2.25 bits per heavy atom. The normalized spacial score (nSPS) is 8.00. The molecule has 0 spiro atoms. The van der Waals surface area contributed by atoms with Crippen LogP contribution in [0.1, 0.15) is 0 Å². The molecule has 0 saturated carbocycles. The molecule has 0 aliphatic rings. The molecule has 6 heteroatoms. The van der Waals surface area contributed by atoms with Gasteiger partial charge in [0.15, 0.2) is 0 Å². The quantitative estimate of drug-likeness (QED) is 0.468. The fraction of sp³-hybridized carbons (Fsp3) is 0. The molecule has 8 heavy (non-hydrogen) atoms. The second kappa shape index (κ2) is 3.03. The van der Waals surface area contributed by atoms with Crippen molar-refractivity contribution in [2.24, 2.45) is 0 Å². The average Bonchev–Trinajstić information content (AvgIpc) is 1.87. The molecule has 4 nitrogen and oxygen atoms in total. The largest absolute Gasteiger partial charge is 0.368 e. The van der Waals surface area contributed by atoms with Crippen molar-refractivity contribution >= 4 is 18.2 Å². The van der Waals surface area contributed by atoms with E-state index in [0.717, 1.165) is 0 Å². The number of nitrogen functional groups attached to an aromatic ring is 1. The molecule has 1 aromatic rings. The maximum absolute atomic E-state index is 5.11. The van der Waals surface area contributed by atoms with Gasteiger partial charge in [-0.3, -0.25) is 10.2 Å². The van der Waals surface area contributed by atoms with Gasteiger partial charge in [-0.15, -0.1) is 0 Å². The summed E-state index contributed by atoms with van der Waals surface area (Å²) in [6.07, 6.45) is 0. The molecule has 1 radical (unpaired) electrons. The minimum Gasteiger partial charge on any atom is -0.368 e. The summed E-state index contributed by atoms with van der Waals surface area (Å²) in [5, 5.41) is 5.03. The summed E-state index contributed by atoms with van der Waals surface area (Å²) in [5.74, 6) is 0.324. The van der Waals surface area contributed by atoms with E-state index < -0.39 is 0 Å². The molecule has 1 rings (SSSR count). The van der Waals surface area contributed by atoms with Gasteiger partial charge in [-0.2, -0.15) is 4.98 Å². The number of anilines is 1. The van der Waals surface area contributed by atoms with E-state index in [0.29, 0.717) is 10.7 Å². The second-order valence-electron chi connectivity index (χ2n) is 1.05. The topological polar surface area (TPSA) is 70.5 Å². The Balaban J connectivity index is 0.000000490. The number of rotatable bonds is 0. The smallest absolute Gasteiger partial charge is 0.215 e. The van der Waals surface area contributed by atoms with Gasteiger partial charge in [-0.25, -0.2) is 0 Å². The maximum Gasteiger partial charge on any atom is 0.215 e. The van der Waals surface area contributed by atoms with Gasteiger partial charge in [0.25, 0.3) is 0 Å². The van der Waals surface area contributed by atoms with Crippen LogP contribution in [0, 0.1) is 4.77 Å². The molecule has 0 amide bonds. The molecule has 0 bridgehead atoms. The number of hydrogen-bond donors (Lipinski definition) is 3. The molecule has 4 N–H and O–H groups in total. The number of nitrogens with two attached hydrogens (primary N) is 1. The number of aromatic nitrogens is 3. The van der Waals surface area contributed by atoms with E-state index in [9.17, 15) is 0 Å². The first-order chi connectivity index (χ1) is 3.29. The molecular formula is C2H4AuN4S. The van der Waals surface area contributed by atoms with Crippen molar-refractivity contribution in [1.29, 1.82) is 0 Å². The van der Waals surface area contributed by atoms with Gasteiger partial charge in [0.1, 0.15) is 0 Å². The van der Waals surface area contributed by atoms with Gasteiger partial charge < -0.3 is 5.73 Å². The molecule has 1 heterocycles. The van der Waals surface area contributed by atoms with E-state index in [1.54, 1.807) is 0 Å². The molecule has 0 saturated heterocycles. The SMILES string of the molecule is Nc1nc(=S)[nH][nH]1.[Au]. The van der Waals surface area contributed by atoms with Gasteiger partial charge in [0.05, 0.1) is 0 Å². The summed E-state index contributed by atoms with van der Waals surface area (Å²) in [6, 6.07) is 0. The zero-order valence-electron chi connectivity index (χ0n) is 3.73. The Kier molecular flexibility index (Phi) is 2.99. The molecular weight excluding hydrogens is 309 g/mol. The third-order valence-corrected chi connectivity index (χ3v) is 0.713. The molecule has 0 unspecified atom stereocenters. The molecule has 0 aliphatic heterocycles. The third kappa shape index (κ3) is 1.79. The van der Waals surface area contributed by atoms with Crippen LogP contribution < -0.4 is 5.73 Å². The van der Waals surface area contributed by atoms with Gasteiger partial charge in [0, 0.05) is 22.4 Å². The Bertz CT molecular complexity index is 202. The predicted molar refractivity (Wildman–Crippen MR) is 28.2 cm³/mol. The van der Waals surface area contributed by atoms with Crippen molar-refractivity contribution in [3.63, 3.8) is 0 Å². The number of nitrogens with one attached hydrogen (secondary N) is 2. The van der Waals surface area contributed by atoms with Crippen molar-refractivity contribution in [1.82, 2.24) is 15.2 Å². The molecule has 0 aliphatic carbocycles. The number of hydrogen-bond acceptors (Lipinski definition) is 3. The predicted octanol–water partition coefficient (Wildman–Crippen LogP) is 0.0470. The van der Waals surface area contributed by atoms with Crippen LogP contribution in [0.3, 0.4) is 0 Å². The van der Waals surface area contributed by atoms with E-state index in [2.05, 4.69) is 27.4 Å². The van der Waals surface area contributed by atoms with Gasteiger partial charge in [-0.05, 0) is 12.2 Å². The summed E-state index contributed by atoms with van der Waals surface area (Å²) in [4.78, 5) is 3.59. The van der Waals surface area contributed by atoms with Crippen molar-refractivity contribution in [3.8, 4) is 0 Å². The summed E-state index contributed by atoms with van der Waals surface area (Å²) >= 11 is 4.55. The maximum atomic E-state index is 5.11. The van der Waals surface area contributed by atoms with E-state index >= 15 is 0 Å². The summed E-state index contributed by atoms with van der Waals surface area (Å²) in [7, 11) is 0. The van der Waals surface area contributed by atoms with Gasteiger partial charge in [-0.1, -0.05) is 0 Å². The summed E-state index contributed by atoms with van der Waals surface area (Å²) in [5.41, 5.74) is 5.11. The van der Waals surface area contributed by atoms with E-state index in [1.165, 1.54) is 0 Å². The van der Waals surface area contributed by atoms with Crippen molar-refractivity contribution in [2.45, 2.75) is 0 Å². The van der Waals surface area contributed by atoms with E-state index in [4.69, 9.17) is 5.73 Å². The second-order valence-corrected chi connectivity index (χ2v) is 1.44. The molecule has 1 aromatic heterocycles. The summed E-state index contributed by atoms with van der Waals surface area (Å²) in [6.45, 7) is 0. The van der Waals surface area contributed by atoms with Crippen LogP contribution in [0.25, 0.3) is 0 Å². The van der Waals surface area contributed by atoms with Crippen LogP contribution >= 0.6 is 12.2 Å². The first kappa shape index (κ1) is 7.90. The Morgan fingerprint density at radius 1 is 1.50 bits per heavy atom. The Hall–Kier alpha value is -0.0997. The first-order valence-corrected chi connectivity index (χ1v) is 2.10. The van der Waals surface area contributed by atoms with Crippen molar-refractivity contribution in [3.05, 3.63) is 4.77 Å². The summed E-state index contributed by atoms with van der Waals surface area (Å²) < 4.78 is 0.387. The fourth-order valence-electron chi connectivity index (χ4n) is 0.283. The van der Waals surface area contributed by atoms with E-state index in [-0.39, 0.29) is 22.4 Å². The third-order valence-electron chi connectivity index (χ3n) is 0.519. The number of nitrogens with zero attached hydrogens (tertiary/aromatic N) is 1. The van der Waals surface area contributed by atoms with Crippen LogP contribution in [-0.2, 0) is 22.4 Å². The van der Waals surface area contributed by atoms with Crippen LogP contribution in [0.4, 0.5) is 5.95 Å². The monoisotopic (exact) mass is 313 g/mol. The molecule has 49 valence electrons. The molecule has 0 aromatic carbocycles. The Labute approximate surface area is 66.4 Å². The zero-order chi connectivity index (χ0) is 5.28. The average molecular weight is 313 g/mol. The van der Waals surface area contributed by atoms with Crippen molar-refractivity contribution < 1.29 is 22.4 Å². The number of H-pyrrole nitrogens is 2. The molecule has 0 atom stereocenters. The molecule has 0 fully saturated rings. The minimum absolute atomic E-state index is 0. The number of aromatic amines is 2. The standard InChI is InChI=1S/C2H4N4S.Au/c3-1-4-2(7)6-5-1;/h(H4,3,4,5,6,7);. The van der Waals surface area contributed by atoms with Crippen LogP contribution in [-0.4, -0.2) is 15.2 Å². The fourth-order valence-corrected chi connectivity index (χ4v) is 0.432. The van der Waals surface area contributed by atoms with Gasteiger partial charge >= 0.3 is 0 Å². The van der Waals surface area contributed by atoms with Crippen molar-refractivity contribution in [2.75, 3.05) is 5.73 Å². The minimum atomic E-state index is 0. The van der Waals surface area contributed by atoms with E-state index in [1.807, 2.05) is 0 Å². The first-order valence-electron chi connectivity index (χ1n) is 1.69. The zero-order valence-corrected chi connectivity index (χ0v) is 6.72. The Morgan fingerprint density at radius 2 is 2.12 bits per heavy atom. The van der Waals surface area contributed by atoms with Crippen LogP contribution in [0.2, 0.25) is 0 Å². The van der Waals surface area contributed by atoms with Crippen LogP contribution in [0.15, 0.2) is 0 Å². The van der Waals surface area contributed by atoms with Crippen LogP contribution in [0.5, 0.6) is 0 Å².